The Kier molecular flexibility index (Phi) is 11.2. The fourth-order valence-electron chi connectivity index (χ4n) is 2.83. The van der Waals surface area contributed by atoms with E-state index in [-0.39, 0.29) is 29.2 Å². The number of carbonyl (C=O) groups is 2. The van der Waals surface area contributed by atoms with Gasteiger partial charge in [0, 0.05) is 12.1 Å². The van der Waals surface area contributed by atoms with E-state index in [1.165, 1.54) is 12.8 Å². The van der Waals surface area contributed by atoms with Crippen LogP contribution in [0.5, 0.6) is 0 Å². The molecule has 7 heteroatoms. The Labute approximate surface area is 136 Å². The summed E-state index contributed by atoms with van der Waals surface area (Å²) in [5.41, 5.74) is 0. The zero-order chi connectivity index (χ0) is 14.8. The van der Waals surface area contributed by atoms with E-state index < -0.39 is 12.2 Å². The molecule has 2 aliphatic rings. The maximum atomic E-state index is 10.0. The molecule has 2 saturated carbocycles. The molecule has 0 aromatic heterocycles. The van der Waals surface area contributed by atoms with Crippen LogP contribution in [0.25, 0.3) is 0 Å². The van der Waals surface area contributed by atoms with E-state index >= 15 is 0 Å². The van der Waals surface area contributed by atoms with Crippen LogP contribution in [-0.2, 0) is 17.1 Å². The molecule has 6 nitrogen and oxygen atoms in total. The van der Waals surface area contributed by atoms with Gasteiger partial charge in [0.25, 0.3) is 0 Å². The summed E-state index contributed by atoms with van der Waals surface area (Å²) in [7, 11) is 0. The normalized spacial score (nSPS) is 19.4. The average Bonchev–Trinajstić information content (AvgIpc) is 2.40. The summed E-state index contributed by atoms with van der Waals surface area (Å²) in [5.74, 6) is 0. The molecule has 2 rings (SSSR count). The Morgan fingerprint density at radius 1 is 0.667 bits per heavy atom. The number of amides is 2. The maximum absolute atomic E-state index is 10.0. The zero-order valence-electron chi connectivity index (χ0n) is 12.2. The molecule has 121 valence electrons. The van der Waals surface area contributed by atoms with Crippen molar-refractivity contribution < 1.29 is 36.9 Å². The van der Waals surface area contributed by atoms with Crippen LogP contribution in [0, 0.1) is 0 Å². The third kappa shape index (κ3) is 10.4. The monoisotopic (exact) mass is 339 g/mol. The largest absolute Gasteiger partial charge is 2.00 e. The van der Waals surface area contributed by atoms with Crippen molar-refractivity contribution in [2.45, 2.75) is 76.3 Å². The quantitative estimate of drug-likeness (QED) is 0.715. The number of hydrogen-bond donors (Lipinski definition) is 2. The van der Waals surface area contributed by atoms with Crippen molar-refractivity contribution in [3.8, 4) is 0 Å². The molecule has 0 aromatic carbocycles. The van der Waals surface area contributed by atoms with Crippen molar-refractivity contribution in [3.63, 3.8) is 0 Å². The molecular formula is C14H24MnN2O4. The Morgan fingerprint density at radius 3 is 1.19 bits per heavy atom. The van der Waals surface area contributed by atoms with E-state index in [1.54, 1.807) is 0 Å². The van der Waals surface area contributed by atoms with Crippen LogP contribution in [0.1, 0.15) is 64.2 Å². The van der Waals surface area contributed by atoms with Crippen LogP contribution in [-0.4, -0.2) is 24.3 Å². The fourth-order valence-corrected chi connectivity index (χ4v) is 2.83. The first-order valence-corrected chi connectivity index (χ1v) is 7.53. The van der Waals surface area contributed by atoms with E-state index in [1.807, 2.05) is 0 Å². The Bertz CT molecular complexity index is 273. The van der Waals surface area contributed by atoms with Gasteiger partial charge in [0.05, 0.1) is 0 Å². The second-order valence-electron chi connectivity index (χ2n) is 5.53. The standard InChI is InChI=1S/2C7H13NO2.Mn/c2*9-7(10)8-6-4-2-1-3-5-6;/h2*6,8H,1-5H2,(H,9,10);/q;;+2/p-2. The molecule has 2 N–H and O–H groups in total. The summed E-state index contributed by atoms with van der Waals surface area (Å²) < 4.78 is 0. The van der Waals surface area contributed by atoms with Crippen molar-refractivity contribution in [2.24, 2.45) is 0 Å². The molecule has 2 aliphatic carbocycles. The molecule has 0 saturated heterocycles. The molecule has 21 heavy (non-hydrogen) atoms. The van der Waals surface area contributed by atoms with Crippen LogP contribution in [0.2, 0.25) is 0 Å². The van der Waals surface area contributed by atoms with Crippen LogP contribution in [0.3, 0.4) is 0 Å². The second-order valence-corrected chi connectivity index (χ2v) is 5.53. The van der Waals surface area contributed by atoms with E-state index in [0.717, 1.165) is 51.4 Å². The molecule has 0 aliphatic heterocycles. The van der Waals surface area contributed by atoms with Gasteiger partial charge in [0.2, 0.25) is 0 Å². The molecule has 0 heterocycles. The number of hydrogen-bond acceptors (Lipinski definition) is 4. The molecule has 0 unspecified atom stereocenters. The molecule has 0 aromatic rings. The summed E-state index contributed by atoms with van der Waals surface area (Å²) in [5, 5.41) is 24.9. The second kappa shape index (κ2) is 11.7. The Morgan fingerprint density at radius 2 is 0.952 bits per heavy atom. The first-order valence-electron chi connectivity index (χ1n) is 7.53. The predicted octanol–water partition coefficient (Wildman–Crippen LogP) is 0.501. The van der Waals surface area contributed by atoms with E-state index in [4.69, 9.17) is 0 Å². The van der Waals surface area contributed by atoms with Gasteiger partial charge in [-0.25, -0.2) is 0 Å². The summed E-state index contributed by atoms with van der Waals surface area (Å²) in [4.78, 5) is 20.1. The van der Waals surface area contributed by atoms with Gasteiger partial charge in [-0.3, -0.25) is 0 Å². The summed E-state index contributed by atoms with van der Waals surface area (Å²) in [6, 6.07) is 0.331. The number of carboxylic acid groups (broad SMARTS) is 2. The number of rotatable bonds is 2. The van der Waals surface area contributed by atoms with Gasteiger partial charge >= 0.3 is 17.1 Å². The zero-order valence-corrected chi connectivity index (χ0v) is 13.4. The third-order valence-corrected chi connectivity index (χ3v) is 3.85. The van der Waals surface area contributed by atoms with E-state index in [0.29, 0.717) is 0 Å². The van der Waals surface area contributed by atoms with Crippen molar-refractivity contribution >= 4 is 12.2 Å². The van der Waals surface area contributed by atoms with Gasteiger partial charge in [-0.1, -0.05) is 38.5 Å². The summed E-state index contributed by atoms with van der Waals surface area (Å²) in [6.07, 6.45) is 8.71. The minimum Gasteiger partial charge on any atom is -0.530 e. The van der Waals surface area contributed by atoms with E-state index in [2.05, 4.69) is 10.6 Å². The average molecular weight is 339 g/mol. The van der Waals surface area contributed by atoms with Gasteiger partial charge in [0.1, 0.15) is 12.2 Å². The minimum atomic E-state index is -1.13. The van der Waals surface area contributed by atoms with Gasteiger partial charge in [-0.15, -0.1) is 0 Å². The smallest absolute Gasteiger partial charge is 0.530 e. The van der Waals surface area contributed by atoms with Crippen LogP contribution in [0.4, 0.5) is 9.59 Å². The topological polar surface area (TPSA) is 104 Å². The summed E-state index contributed by atoms with van der Waals surface area (Å²) >= 11 is 0. The van der Waals surface area contributed by atoms with E-state index in [9.17, 15) is 19.8 Å². The predicted molar refractivity (Wildman–Crippen MR) is 70.8 cm³/mol. The van der Waals surface area contributed by atoms with Crippen molar-refractivity contribution in [3.05, 3.63) is 0 Å². The Hall–Kier alpha value is -0.941. The number of nitrogens with one attached hydrogen (secondary N) is 2. The van der Waals surface area contributed by atoms with Crippen molar-refractivity contribution in [1.82, 2.24) is 10.6 Å². The SMILES string of the molecule is O=C([O-])NC1CCCCC1.O=C([O-])NC1CCCCC1.[Mn+2]. The molecule has 1 radical (unpaired) electrons. The van der Waals surface area contributed by atoms with Crippen LogP contribution >= 0.6 is 0 Å². The minimum absolute atomic E-state index is 0. The van der Waals surface area contributed by atoms with Crippen molar-refractivity contribution in [1.29, 1.82) is 0 Å². The first kappa shape index (κ1) is 20.1. The third-order valence-electron chi connectivity index (χ3n) is 3.85. The van der Waals surface area contributed by atoms with Crippen molar-refractivity contribution in [2.75, 3.05) is 0 Å². The van der Waals surface area contributed by atoms with Gasteiger partial charge in [-0.2, -0.15) is 0 Å². The molecule has 0 spiro atoms. The molecule has 2 amide bonds. The maximum Gasteiger partial charge on any atom is 2.00 e. The molecular weight excluding hydrogens is 315 g/mol. The van der Waals surface area contributed by atoms with Gasteiger partial charge < -0.3 is 30.4 Å². The first-order chi connectivity index (χ1) is 9.58. The molecule has 2 fully saturated rings. The van der Waals surface area contributed by atoms with Crippen LogP contribution < -0.4 is 20.8 Å². The van der Waals surface area contributed by atoms with Crippen LogP contribution in [0.15, 0.2) is 0 Å². The summed E-state index contributed by atoms with van der Waals surface area (Å²) in [6.45, 7) is 0. The molecule has 0 atom stereocenters. The van der Waals surface area contributed by atoms with Gasteiger partial charge in [0.15, 0.2) is 0 Å². The van der Waals surface area contributed by atoms with Gasteiger partial charge in [-0.05, 0) is 25.7 Å². The number of carbonyl (C=O) groups excluding carboxylic acids is 2. The Balaban J connectivity index is 0.000000364. The molecule has 0 bridgehead atoms. The fraction of sp³-hybridized carbons (Fsp3) is 0.857.